The maximum Gasteiger partial charge on any atom is 0.310 e. The Morgan fingerprint density at radius 2 is 1.68 bits per heavy atom. The minimum Gasteiger partial charge on any atom is -0.192 e. The number of hydrogen-bond donors (Lipinski definition) is 0. The van der Waals surface area contributed by atoms with Crippen molar-refractivity contribution < 1.29 is 8.78 Å². The molecule has 0 heterocycles. The van der Waals surface area contributed by atoms with Crippen LogP contribution in [0.1, 0.15) is 38.7 Å². The SMILES string of the molecule is CC[Si](C#CC(F)(F)[C@H]1C[C@H]1c1ccc(Cl)cc1)(CC)CC. The van der Waals surface area contributed by atoms with Crippen LogP contribution in [0.25, 0.3) is 0 Å². The number of alkyl halides is 2. The van der Waals surface area contributed by atoms with Gasteiger partial charge in [0.05, 0.1) is 0 Å². The summed E-state index contributed by atoms with van der Waals surface area (Å²) in [7, 11) is -1.81. The molecular formula is C18H23ClF2Si. The molecule has 120 valence electrons. The van der Waals surface area contributed by atoms with Crippen LogP contribution >= 0.6 is 11.6 Å². The Morgan fingerprint density at radius 3 is 2.18 bits per heavy atom. The molecule has 1 aliphatic rings. The van der Waals surface area contributed by atoms with Crippen molar-refractivity contribution in [2.24, 2.45) is 5.92 Å². The second-order valence-corrected chi connectivity index (χ2v) is 11.6. The summed E-state index contributed by atoms with van der Waals surface area (Å²) in [4.78, 5) is 0. The molecule has 0 aromatic heterocycles. The van der Waals surface area contributed by atoms with Crippen molar-refractivity contribution in [2.75, 3.05) is 0 Å². The van der Waals surface area contributed by atoms with Gasteiger partial charge in [-0.15, -0.1) is 5.54 Å². The first-order valence-corrected chi connectivity index (χ1v) is 11.0. The van der Waals surface area contributed by atoms with Gasteiger partial charge in [0.25, 0.3) is 0 Å². The fourth-order valence-corrected chi connectivity index (χ4v) is 5.59. The average Bonchev–Trinajstić information content (AvgIpc) is 3.31. The fourth-order valence-electron chi connectivity index (χ4n) is 3.00. The van der Waals surface area contributed by atoms with Crippen LogP contribution in [0.2, 0.25) is 23.2 Å². The van der Waals surface area contributed by atoms with Gasteiger partial charge in [-0.2, -0.15) is 8.78 Å². The highest BCUT2D eigenvalue weighted by Gasteiger charge is 2.54. The summed E-state index contributed by atoms with van der Waals surface area (Å²) in [5.41, 5.74) is 3.99. The van der Waals surface area contributed by atoms with Gasteiger partial charge in [0.2, 0.25) is 0 Å². The van der Waals surface area contributed by atoms with Gasteiger partial charge in [0.15, 0.2) is 0 Å². The molecule has 1 saturated carbocycles. The maximum atomic E-state index is 14.4. The lowest BCUT2D eigenvalue weighted by molar-refractivity contribution is 0.0395. The van der Waals surface area contributed by atoms with Gasteiger partial charge in [0.1, 0.15) is 8.07 Å². The van der Waals surface area contributed by atoms with E-state index in [0.29, 0.717) is 11.4 Å². The summed E-state index contributed by atoms with van der Waals surface area (Å²) in [5.74, 6) is -1.22. The molecule has 0 bridgehead atoms. The molecule has 0 N–H and O–H groups in total. The van der Waals surface area contributed by atoms with Crippen LogP contribution in [-0.4, -0.2) is 14.0 Å². The lowest BCUT2D eigenvalue weighted by Crippen LogP contribution is -2.31. The fraction of sp³-hybridized carbons (Fsp3) is 0.556. The molecule has 22 heavy (non-hydrogen) atoms. The molecule has 1 aliphatic carbocycles. The first-order valence-electron chi connectivity index (χ1n) is 8.05. The van der Waals surface area contributed by atoms with Crippen LogP contribution in [0.15, 0.2) is 24.3 Å². The van der Waals surface area contributed by atoms with Crippen molar-refractivity contribution in [1.82, 2.24) is 0 Å². The molecule has 2 rings (SSSR count). The first kappa shape index (κ1) is 17.5. The Balaban J connectivity index is 2.11. The van der Waals surface area contributed by atoms with Crippen LogP contribution in [0, 0.1) is 17.4 Å². The molecule has 0 nitrogen and oxygen atoms in total. The number of hydrogen-bond acceptors (Lipinski definition) is 0. The summed E-state index contributed by atoms with van der Waals surface area (Å²) in [6.45, 7) is 6.25. The highest BCUT2D eigenvalue weighted by atomic mass is 35.5. The third kappa shape index (κ3) is 3.72. The molecule has 1 fully saturated rings. The summed E-state index contributed by atoms with van der Waals surface area (Å²) in [6.07, 6.45) is 0.516. The van der Waals surface area contributed by atoms with Crippen molar-refractivity contribution in [3.8, 4) is 11.5 Å². The van der Waals surface area contributed by atoms with E-state index in [1.165, 1.54) is 0 Å². The molecule has 0 amide bonds. The third-order valence-corrected chi connectivity index (χ3v) is 10.0. The zero-order chi connectivity index (χ0) is 16.4. The molecule has 1 aromatic rings. The quantitative estimate of drug-likeness (QED) is 0.446. The van der Waals surface area contributed by atoms with Crippen molar-refractivity contribution in [2.45, 2.75) is 57.2 Å². The zero-order valence-electron chi connectivity index (χ0n) is 13.4. The van der Waals surface area contributed by atoms with Gasteiger partial charge in [-0.05, 0) is 54.1 Å². The average molecular weight is 341 g/mol. The second kappa shape index (κ2) is 6.72. The zero-order valence-corrected chi connectivity index (χ0v) is 15.2. The molecule has 0 radical (unpaired) electrons. The Hall–Kier alpha value is -0.853. The van der Waals surface area contributed by atoms with E-state index in [1.54, 1.807) is 12.1 Å². The summed E-state index contributed by atoms with van der Waals surface area (Å²) in [5, 5.41) is 0.636. The third-order valence-electron chi connectivity index (χ3n) is 5.08. The molecular weight excluding hydrogens is 318 g/mol. The first-order chi connectivity index (χ1) is 10.4. The minimum absolute atomic E-state index is 0.0810. The van der Waals surface area contributed by atoms with Crippen molar-refractivity contribution in [3.63, 3.8) is 0 Å². The van der Waals surface area contributed by atoms with Crippen molar-refractivity contribution >= 4 is 19.7 Å². The van der Waals surface area contributed by atoms with Gasteiger partial charge in [0, 0.05) is 10.9 Å². The number of halogens is 3. The lowest BCUT2D eigenvalue weighted by atomic mass is 10.1. The Kier molecular flexibility index (Phi) is 5.35. The highest BCUT2D eigenvalue weighted by molar-refractivity contribution is 6.87. The van der Waals surface area contributed by atoms with Crippen LogP contribution in [0.5, 0.6) is 0 Å². The summed E-state index contributed by atoms with van der Waals surface area (Å²) in [6, 6.07) is 10.1. The normalized spacial score (nSPS) is 21.2. The molecule has 2 atom stereocenters. The van der Waals surface area contributed by atoms with Gasteiger partial charge in [-0.25, -0.2) is 0 Å². The van der Waals surface area contributed by atoms with Crippen LogP contribution < -0.4 is 0 Å². The molecule has 1 aromatic carbocycles. The van der Waals surface area contributed by atoms with Gasteiger partial charge < -0.3 is 0 Å². The van der Waals surface area contributed by atoms with E-state index in [1.807, 2.05) is 12.1 Å². The van der Waals surface area contributed by atoms with Crippen molar-refractivity contribution in [1.29, 1.82) is 0 Å². The highest BCUT2D eigenvalue weighted by Crippen LogP contribution is 2.55. The van der Waals surface area contributed by atoms with Gasteiger partial charge in [-0.3, -0.25) is 0 Å². The monoisotopic (exact) mass is 340 g/mol. The van der Waals surface area contributed by atoms with E-state index in [4.69, 9.17) is 11.6 Å². The topological polar surface area (TPSA) is 0 Å². The molecule has 0 saturated heterocycles. The van der Waals surface area contributed by atoms with E-state index >= 15 is 0 Å². The van der Waals surface area contributed by atoms with E-state index in [9.17, 15) is 8.78 Å². The minimum atomic E-state index is -2.87. The number of benzene rings is 1. The molecule has 4 heteroatoms. The van der Waals surface area contributed by atoms with Crippen LogP contribution in [0.4, 0.5) is 8.78 Å². The van der Waals surface area contributed by atoms with Gasteiger partial charge >= 0.3 is 5.92 Å². The second-order valence-electron chi connectivity index (χ2n) is 6.21. The molecule has 0 unspecified atom stereocenters. The van der Waals surface area contributed by atoms with Crippen LogP contribution in [0.3, 0.4) is 0 Å². The summed E-state index contributed by atoms with van der Waals surface area (Å²) < 4.78 is 28.8. The maximum absolute atomic E-state index is 14.4. The lowest BCUT2D eigenvalue weighted by Gasteiger charge is -2.21. The van der Waals surface area contributed by atoms with E-state index in [2.05, 4.69) is 32.2 Å². The predicted octanol–water partition coefficient (Wildman–Crippen LogP) is 6.13. The van der Waals surface area contributed by atoms with Crippen molar-refractivity contribution in [3.05, 3.63) is 34.9 Å². The smallest absolute Gasteiger partial charge is 0.192 e. The molecule has 0 aliphatic heterocycles. The van der Waals surface area contributed by atoms with E-state index in [0.717, 1.165) is 23.7 Å². The standard InChI is InChI=1S/C18H23ClF2Si/c1-4-22(5-2,6-3)12-11-18(20,21)17-13-16(17)14-7-9-15(19)10-8-14/h7-10,16-17H,4-6,13H2,1-3H3/t16-,17-/m0/s1. The Labute approximate surface area is 138 Å². The Morgan fingerprint density at radius 1 is 1.14 bits per heavy atom. The molecule has 0 spiro atoms. The predicted molar refractivity (Wildman–Crippen MR) is 92.2 cm³/mol. The van der Waals surface area contributed by atoms with E-state index < -0.39 is 19.9 Å². The number of rotatable bonds is 5. The van der Waals surface area contributed by atoms with E-state index in [-0.39, 0.29) is 5.92 Å². The Bertz CT molecular complexity index is 559. The van der Waals surface area contributed by atoms with Gasteiger partial charge in [-0.1, -0.05) is 44.5 Å². The summed E-state index contributed by atoms with van der Waals surface area (Å²) >= 11 is 5.84. The van der Waals surface area contributed by atoms with Crippen LogP contribution in [-0.2, 0) is 0 Å². The largest absolute Gasteiger partial charge is 0.310 e.